The summed E-state index contributed by atoms with van der Waals surface area (Å²) in [7, 11) is 1.71. The van der Waals surface area contributed by atoms with Gasteiger partial charge in [0.05, 0.1) is 19.3 Å². The highest BCUT2D eigenvalue weighted by Crippen LogP contribution is 2.19. The first-order valence-electron chi connectivity index (χ1n) is 6.27. The number of para-hydroxylation sites is 1. The lowest BCUT2D eigenvalue weighted by Crippen LogP contribution is -2.26. The Hall–Kier alpha value is -1.06. The number of benzene rings is 1. The Morgan fingerprint density at radius 2 is 2.18 bits per heavy atom. The predicted molar refractivity (Wildman–Crippen MR) is 68.3 cm³/mol. The molecule has 1 saturated heterocycles. The zero-order valence-corrected chi connectivity index (χ0v) is 10.6. The van der Waals surface area contributed by atoms with E-state index in [4.69, 9.17) is 9.47 Å². The molecular weight excluding hydrogens is 214 g/mol. The van der Waals surface area contributed by atoms with Crippen LogP contribution < -0.4 is 10.1 Å². The van der Waals surface area contributed by atoms with Gasteiger partial charge < -0.3 is 14.8 Å². The first-order valence-corrected chi connectivity index (χ1v) is 6.27. The number of hydrogen-bond donors (Lipinski definition) is 1. The fraction of sp³-hybridized carbons (Fsp3) is 0.571. The molecule has 3 nitrogen and oxygen atoms in total. The molecule has 0 radical (unpaired) electrons. The third-order valence-electron chi connectivity index (χ3n) is 3.20. The molecule has 0 amide bonds. The van der Waals surface area contributed by atoms with Gasteiger partial charge in [-0.2, -0.15) is 0 Å². The van der Waals surface area contributed by atoms with Crippen molar-refractivity contribution in [3.63, 3.8) is 0 Å². The van der Waals surface area contributed by atoms with E-state index in [0.717, 1.165) is 18.8 Å². The first-order chi connectivity index (χ1) is 8.29. The van der Waals surface area contributed by atoms with E-state index >= 15 is 0 Å². The monoisotopic (exact) mass is 235 g/mol. The third kappa shape index (κ3) is 3.45. The molecule has 0 saturated carbocycles. The molecule has 1 aromatic rings. The van der Waals surface area contributed by atoms with E-state index < -0.39 is 0 Å². The summed E-state index contributed by atoms with van der Waals surface area (Å²) in [5.41, 5.74) is 1.20. The molecule has 1 aliphatic rings. The fourth-order valence-electron chi connectivity index (χ4n) is 2.25. The molecule has 1 fully saturated rings. The summed E-state index contributed by atoms with van der Waals surface area (Å²) < 4.78 is 11.1. The smallest absolute Gasteiger partial charge is 0.123 e. The quantitative estimate of drug-likeness (QED) is 0.850. The zero-order chi connectivity index (χ0) is 12.1. The minimum absolute atomic E-state index is 0.375. The summed E-state index contributed by atoms with van der Waals surface area (Å²) in [5.74, 6) is 0.945. The Balaban J connectivity index is 1.78. The number of methoxy groups -OCH3 is 1. The first kappa shape index (κ1) is 12.4. The Labute approximate surface area is 103 Å². The molecule has 0 aliphatic carbocycles. The molecule has 2 atom stereocenters. The highest BCUT2D eigenvalue weighted by atomic mass is 16.5. The molecule has 3 heteroatoms. The summed E-state index contributed by atoms with van der Waals surface area (Å²) in [4.78, 5) is 0. The highest BCUT2D eigenvalue weighted by Gasteiger charge is 2.20. The number of hydrogen-bond acceptors (Lipinski definition) is 3. The lowest BCUT2D eigenvalue weighted by Gasteiger charge is -2.13. The SMILES string of the molecule is COc1ccccc1CNCC1CCC(C)O1. The second-order valence-corrected chi connectivity index (χ2v) is 4.59. The van der Waals surface area contributed by atoms with Crippen LogP contribution in [0.3, 0.4) is 0 Å². The molecule has 1 aromatic carbocycles. The van der Waals surface area contributed by atoms with Crippen molar-refractivity contribution in [2.45, 2.75) is 38.5 Å². The van der Waals surface area contributed by atoms with Crippen LogP contribution in [-0.2, 0) is 11.3 Å². The van der Waals surface area contributed by atoms with Crippen LogP contribution in [0, 0.1) is 0 Å². The van der Waals surface area contributed by atoms with E-state index in [9.17, 15) is 0 Å². The van der Waals surface area contributed by atoms with E-state index in [1.165, 1.54) is 18.4 Å². The van der Waals surface area contributed by atoms with E-state index in [-0.39, 0.29) is 0 Å². The van der Waals surface area contributed by atoms with Gasteiger partial charge in [-0.25, -0.2) is 0 Å². The molecule has 0 spiro atoms. The Bertz CT molecular complexity index is 354. The summed E-state index contributed by atoms with van der Waals surface area (Å²) in [6.45, 7) is 3.89. The van der Waals surface area contributed by atoms with Crippen LogP contribution in [0.15, 0.2) is 24.3 Å². The van der Waals surface area contributed by atoms with Gasteiger partial charge in [0, 0.05) is 18.7 Å². The molecule has 1 heterocycles. The van der Waals surface area contributed by atoms with Gasteiger partial charge in [0.15, 0.2) is 0 Å². The number of nitrogens with one attached hydrogen (secondary N) is 1. The van der Waals surface area contributed by atoms with Gasteiger partial charge in [0.25, 0.3) is 0 Å². The molecular formula is C14H21NO2. The largest absolute Gasteiger partial charge is 0.496 e. The molecule has 17 heavy (non-hydrogen) atoms. The van der Waals surface area contributed by atoms with Gasteiger partial charge in [0.1, 0.15) is 5.75 Å². The molecule has 94 valence electrons. The van der Waals surface area contributed by atoms with Crippen LogP contribution in [0.1, 0.15) is 25.3 Å². The van der Waals surface area contributed by atoms with Gasteiger partial charge >= 0.3 is 0 Å². The van der Waals surface area contributed by atoms with Crippen molar-refractivity contribution in [1.82, 2.24) is 5.32 Å². The normalized spacial score (nSPS) is 23.9. The standard InChI is InChI=1S/C14H21NO2/c1-11-7-8-13(17-11)10-15-9-12-5-3-4-6-14(12)16-2/h3-6,11,13,15H,7-10H2,1-2H3. The predicted octanol–water partition coefficient (Wildman–Crippen LogP) is 2.35. The van der Waals surface area contributed by atoms with Crippen LogP contribution in [0.4, 0.5) is 0 Å². The van der Waals surface area contributed by atoms with E-state index in [0.29, 0.717) is 12.2 Å². The van der Waals surface area contributed by atoms with Crippen molar-refractivity contribution >= 4 is 0 Å². The Kier molecular flexibility index (Phi) is 4.40. The van der Waals surface area contributed by atoms with Gasteiger partial charge in [-0.3, -0.25) is 0 Å². The zero-order valence-electron chi connectivity index (χ0n) is 10.6. The lowest BCUT2D eigenvalue weighted by atomic mass is 10.2. The highest BCUT2D eigenvalue weighted by molar-refractivity contribution is 5.32. The number of rotatable bonds is 5. The fourth-order valence-corrected chi connectivity index (χ4v) is 2.25. The van der Waals surface area contributed by atoms with Crippen molar-refractivity contribution in [2.75, 3.05) is 13.7 Å². The van der Waals surface area contributed by atoms with Crippen LogP contribution >= 0.6 is 0 Å². The van der Waals surface area contributed by atoms with Crippen LogP contribution in [0.5, 0.6) is 5.75 Å². The molecule has 2 unspecified atom stereocenters. The summed E-state index contributed by atoms with van der Waals surface area (Å²) in [6, 6.07) is 8.10. The second-order valence-electron chi connectivity index (χ2n) is 4.59. The lowest BCUT2D eigenvalue weighted by molar-refractivity contribution is 0.0558. The maximum absolute atomic E-state index is 5.76. The van der Waals surface area contributed by atoms with Gasteiger partial charge in [-0.05, 0) is 25.8 Å². The molecule has 1 aliphatic heterocycles. The molecule has 0 bridgehead atoms. The van der Waals surface area contributed by atoms with E-state index in [1.807, 2.05) is 18.2 Å². The summed E-state index contributed by atoms with van der Waals surface area (Å²) in [6.07, 6.45) is 3.15. The third-order valence-corrected chi connectivity index (χ3v) is 3.20. The van der Waals surface area contributed by atoms with Crippen molar-refractivity contribution in [3.8, 4) is 5.75 Å². The van der Waals surface area contributed by atoms with Crippen LogP contribution in [0.2, 0.25) is 0 Å². The minimum Gasteiger partial charge on any atom is -0.496 e. The Morgan fingerprint density at radius 1 is 1.35 bits per heavy atom. The van der Waals surface area contributed by atoms with Crippen LogP contribution in [-0.4, -0.2) is 25.9 Å². The molecule has 0 aromatic heterocycles. The van der Waals surface area contributed by atoms with Crippen molar-refractivity contribution in [1.29, 1.82) is 0 Å². The van der Waals surface area contributed by atoms with Gasteiger partial charge in [0.2, 0.25) is 0 Å². The maximum Gasteiger partial charge on any atom is 0.123 e. The topological polar surface area (TPSA) is 30.5 Å². The average Bonchev–Trinajstić information content (AvgIpc) is 2.76. The maximum atomic E-state index is 5.76. The second kappa shape index (κ2) is 6.03. The van der Waals surface area contributed by atoms with Gasteiger partial charge in [-0.15, -0.1) is 0 Å². The Morgan fingerprint density at radius 3 is 2.88 bits per heavy atom. The van der Waals surface area contributed by atoms with Gasteiger partial charge in [-0.1, -0.05) is 18.2 Å². The van der Waals surface area contributed by atoms with Crippen LogP contribution in [0.25, 0.3) is 0 Å². The molecule has 1 N–H and O–H groups in total. The average molecular weight is 235 g/mol. The van der Waals surface area contributed by atoms with Crippen molar-refractivity contribution in [3.05, 3.63) is 29.8 Å². The van der Waals surface area contributed by atoms with Crippen molar-refractivity contribution < 1.29 is 9.47 Å². The summed E-state index contributed by atoms with van der Waals surface area (Å²) in [5, 5.41) is 3.43. The number of ether oxygens (including phenoxy) is 2. The summed E-state index contributed by atoms with van der Waals surface area (Å²) >= 11 is 0. The minimum atomic E-state index is 0.375. The van der Waals surface area contributed by atoms with E-state index in [2.05, 4.69) is 18.3 Å². The molecule has 2 rings (SSSR count). The van der Waals surface area contributed by atoms with E-state index in [1.54, 1.807) is 7.11 Å². The van der Waals surface area contributed by atoms with Crippen molar-refractivity contribution in [2.24, 2.45) is 0 Å².